The molecule has 6 nitrogen and oxygen atoms in total. The molecule has 1 atom stereocenters. The molecular formula is C8H13N3O3. The van der Waals surface area contributed by atoms with Gasteiger partial charge in [-0.3, -0.25) is 4.79 Å². The zero-order chi connectivity index (χ0) is 10.6. The summed E-state index contributed by atoms with van der Waals surface area (Å²) in [7, 11) is 0. The molecule has 1 rings (SSSR count). The second kappa shape index (κ2) is 4.61. The summed E-state index contributed by atoms with van der Waals surface area (Å²) in [6.07, 6.45) is 1.93. The van der Waals surface area contributed by atoms with E-state index in [2.05, 4.69) is 15.3 Å². The first kappa shape index (κ1) is 10.5. The van der Waals surface area contributed by atoms with Crippen LogP contribution in [-0.4, -0.2) is 33.6 Å². The van der Waals surface area contributed by atoms with E-state index in [4.69, 9.17) is 5.11 Å². The number of carbonyl (C=O) groups excluding carboxylic acids is 1. The highest BCUT2D eigenvalue weighted by Gasteiger charge is 2.12. The number of aromatic nitrogens is 2. The Hall–Kier alpha value is -1.56. The molecule has 1 aromatic rings. The van der Waals surface area contributed by atoms with Crippen LogP contribution in [0.15, 0.2) is 11.0 Å². The van der Waals surface area contributed by atoms with Gasteiger partial charge in [0.15, 0.2) is 0 Å². The van der Waals surface area contributed by atoms with Crippen LogP contribution in [-0.2, 0) is 0 Å². The lowest BCUT2D eigenvalue weighted by atomic mass is 10.2. The standard InChI is InChI=1S/C8H13N3O3/c1-2-5(4-12)10-7(13)6-3-9-8(14)11-6/h3,5,12H,2,4H2,1H3,(H,10,13)(H2,9,11,14)/t5-/m0/s1. The summed E-state index contributed by atoms with van der Waals surface area (Å²) >= 11 is 0. The summed E-state index contributed by atoms with van der Waals surface area (Å²) < 4.78 is 0. The van der Waals surface area contributed by atoms with Crippen LogP contribution < -0.4 is 11.0 Å². The second-order valence-electron chi connectivity index (χ2n) is 2.92. The predicted molar refractivity (Wildman–Crippen MR) is 50.0 cm³/mol. The Morgan fingerprint density at radius 2 is 2.43 bits per heavy atom. The number of hydrogen-bond acceptors (Lipinski definition) is 3. The molecule has 0 fully saturated rings. The summed E-state index contributed by atoms with van der Waals surface area (Å²) in [5.41, 5.74) is -0.255. The minimum atomic E-state index is -0.424. The SMILES string of the molecule is CC[C@@H](CO)NC(=O)c1c[nH]c(=O)[nH]1. The Labute approximate surface area is 80.4 Å². The largest absolute Gasteiger partial charge is 0.394 e. The van der Waals surface area contributed by atoms with Gasteiger partial charge in [-0.1, -0.05) is 6.92 Å². The molecule has 1 amide bonds. The summed E-state index contributed by atoms with van der Waals surface area (Å²) in [5.74, 6) is -0.399. The number of nitrogens with one attached hydrogen (secondary N) is 3. The molecule has 0 saturated carbocycles. The van der Waals surface area contributed by atoms with E-state index in [0.717, 1.165) is 0 Å². The van der Waals surface area contributed by atoms with Gasteiger partial charge in [-0.25, -0.2) is 4.79 Å². The molecule has 1 heterocycles. The van der Waals surface area contributed by atoms with Gasteiger partial charge in [-0.2, -0.15) is 0 Å². The molecule has 4 N–H and O–H groups in total. The predicted octanol–water partition coefficient (Wildman–Crippen LogP) is -0.796. The van der Waals surface area contributed by atoms with Crippen molar-refractivity contribution in [2.45, 2.75) is 19.4 Å². The van der Waals surface area contributed by atoms with Crippen molar-refractivity contribution in [1.29, 1.82) is 0 Å². The summed E-state index contributed by atoms with van der Waals surface area (Å²) in [6, 6.07) is -0.277. The van der Waals surface area contributed by atoms with Crippen LogP contribution in [0.4, 0.5) is 0 Å². The molecule has 14 heavy (non-hydrogen) atoms. The van der Waals surface area contributed by atoms with Crippen LogP contribution in [0.3, 0.4) is 0 Å². The third-order valence-electron chi connectivity index (χ3n) is 1.89. The van der Waals surface area contributed by atoms with Gasteiger partial charge in [0.2, 0.25) is 0 Å². The van der Waals surface area contributed by atoms with Gasteiger partial charge in [0, 0.05) is 6.20 Å². The molecule has 0 saturated heterocycles. The van der Waals surface area contributed by atoms with E-state index < -0.39 is 11.6 Å². The van der Waals surface area contributed by atoms with E-state index in [1.54, 1.807) is 0 Å². The lowest BCUT2D eigenvalue weighted by Crippen LogP contribution is -2.37. The van der Waals surface area contributed by atoms with Gasteiger partial charge in [0.1, 0.15) is 5.69 Å². The number of aromatic amines is 2. The Morgan fingerprint density at radius 3 is 2.86 bits per heavy atom. The monoisotopic (exact) mass is 199 g/mol. The van der Waals surface area contributed by atoms with Crippen LogP contribution in [0.1, 0.15) is 23.8 Å². The van der Waals surface area contributed by atoms with E-state index in [9.17, 15) is 9.59 Å². The zero-order valence-corrected chi connectivity index (χ0v) is 7.83. The molecule has 0 radical (unpaired) electrons. The Bertz CT molecular complexity index is 351. The lowest BCUT2D eigenvalue weighted by molar-refractivity contribution is 0.0910. The fourth-order valence-corrected chi connectivity index (χ4v) is 0.994. The van der Waals surface area contributed by atoms with Crippen molar-refractivity contribution >= 4 is 5.91 Å². The first-order chi connectivity index (χ1) is 6.67. The highest BCUT2D eigenvalue weighted by molar-refractivity contribution is 5.92. The quantitative estimate of drug-likeness (QED) is 0.511. The Kier molecular flexibility index (Phi) is 3.47. The summed E-state index contributed by atoms with van der Waals surface area (Å²) in [5, 5.41) is 11.4. The number of H-pyrrole nitrogens is 2. The molecule has 0 aliphatic carbocycles. The van der Waals surface area contributed by atoms with Gasteiger partial charge >= 0.3 is 5.69 Å². The van der Waals surface area contributed by atoms with Crippen LogP contribution in [0.5, 0.6) is 0 Å². The van der Waals surface area contributed by atoms with E-state index in [-0.39, 0.29) is 18.3 Å². The third-order valence-corrected chi connectivity index (χ3v) is 1.89. The van der Waals surface area contributed by atoms with Crippen molar-refractivity contribution in [3.63, 3.8) is 0 Å². The van der Waals surface area contributed by atoms with E-state index in [1.165, 1.54) is 6.20 Å². The summed E-state index contributed by atoms with van der Waals surface area (Å²) in [6.45, 7) is 1.73. The number of rotatable bonds is 4. The molecular weight excluding hydrogens is 186 g/mol. The van der Waals surface area contributed by atoms with Crippen LogP contribution in [0.25, 0.3) is 0 Å². The highest BCUT2D eigenvalue weighted by Crippen LogP contribution is 1.93. The topological polar surface area (TPSA) is 98.0 Å². The van der Waals surface area contributed by atoms with E-state index >= 15 is 0 Å². The number of aliphatic hydroxyl groups excluding tert-OH is 1. The highest BCUT2D eigenvalue weighted by atomic mass is 16.3. The van der Waals surface area contributed by atoms with Crippen LogP contribution in [0.2, 0.25) is 0 Å². The molecule has 0 spiro atoms. The average Bonchev–Trinajstić information content (AvgIpc) is 2.61. The van der Waals surface area contributed by atoms with E-state index in [1.807, 2.05) is 6.92 Å². The second-order valence-corrected chi connectivity index (χ2v) is 2.92. The first-order valence-electron chi connectivity index (χ1n) is 4.36. The van der Waals surface area contributed by atoms with Gasteiger partial charge in [0.25, 0.3) is 5.91 Å². The minimum absolute atomic E-state index is 0.114. The van der Waals surface area contributed by atoms with Crippen LogP contribution >= 0.6 is 0 Å². The number of amides is 1. The maximum absolute atomic E-state index is 11.4. The fourth-order valence-electron chi connectivity index (χ4n) is 0.994. The average molecular weight is 199 g/mol. The van der Waals surface area contributed by atoms with Crippen LogP contribution in [0, 0.1) is 0 Å². The molecule has 1 aromatic heterocycles. The van der Waals surface area contributed by atoms with Crippen molar-refractivity contribution < 1.29 is 9.90 Å². The molecule has 0 aromatic carbocycles. The Morgan fingerprint density at radius 1 is 1.71 bits per heavy atom. The molecule has 0 unspecified atom stereocenters. The van der Waals surface area contributed by atoms with E-state index in [0.29, 0.717) is 6.42 Å². The van der Waals surface area contributed by atoms with Crippen molar-refractivity contribution in [2.24, 2.45) is 0 Å². The molecule has 0 bridgehead atoms. The third kappa shape index (κ3) is 2.46. The zero-order valence-electron chi connectivity index (χ0n) is 7.83. The minimum Gasteiger partial charge on any atom is -0.394 e. The lowest BCUT2D eigenvalue weighted by Gasteiger charge is -2.12. The molecule has 6 heteroatoms. The number of hydrogen-bond donors (Lipinski definition) is 4. The number of carbonyl (C=O) groups is 1. The van der Waals surface area contributed by atoms with Gasteiger partial charge in [-0.05, 0) is 6.42 Å². The maximum atomic E-state index is 11.4. The molecule has 0 aliphatic heterocycles. The van der Waals surface area contributed by atoms with Gasteiger partial charge in [0.05, 0.1) is 12.6 Å². The van der Waals surface area contributed by atoms with Gasteiger partial charge in [-0.15, -0.1) is 0 Å². The maximum Gasteiger partial charge on any atom is 0.323 e. The molecule has 78 valence electrons. The van der Waals surface area contributed by atoms with Crippen molar-refractivity contribution in [3.8, 4) is 0 Å². The van der Waals surface area contributed by atoms with Gasteiger partial charge < -0.3 is 20.4 Å². The summed E-state index contributed by atoms with van der Waals surface area (Å²) in [4.78, 5) is 26.7. The number of imidazole rings is 1. The fraction of sp³-hybridized carbons (Fsp3) is 0.500. The van der Waals surface area contributed by atoms with Crippen molar-refractivity contribution in [2.75, 3.05) is 6.61 Å². The first-order valence-corrected chi connectivity index (χ1v) is 4.36. The smallest absolute Gasteiger partial charge is 0.323 e. The normalized spacial score (nSPS) is 12.4. The number of aliphatic hydroxyl groups is 1. The van der Waals surface area contributed by atoms with Crippen molar-refractivity contribution in [1.82, 2.24) is 15.3 Å². The Balaban J connectivity index is 2.62. The molecule has 0 aliphatic rings. The van der Waals surface area contributed by atoms with Crippen molar-refractivity contribution in [3.05, 3.63) is 22.4 Å².